The minimum atomic E-state index is -3.85. The Morgan fingerprint density at radius 2 is 1.91 bits per heavy atom. The topological polar surface area (TPSA) is 91.2 Å². The fourth-order valence-electron chi connectivity index (χ4n) is 2.84. The van der Waals surface area contributed by atoms with Gasteiger partial charge < -0.3 is 15.2 Å². The van der Waals surface area contributed by atoms with Crippen LogP contribution in [-0.4, -0.2) is 44.4 Å². The van der Waals surface area contributed by atoms with E-state index in [1.807, 2.05) is 0 Å². The maximum Gasteiger partial charge on any atom is 0.487 e. The van der Waals surface area contributed by atoms with Gasteiger partial charge in [0.25, 0.3) is 0 Å². The highest BCUT2D eigenvalue weighted by molar-refractivity contribution is 8.15. The van der Waals surface area contributed by atoms with Crippen LogP contribution in [0.1, 0.15) is 13.3 Å². The maximum absolute atomic E-state index is 12.8. The summed E-state index contributed by atoms with van der Waals surface area (Å²) in [5.41, 5.74) is -3.24. The molecule has 1 atom stereocenters. The van der Waals surface area contributed by atoms with Crippen molar-refractivity contribution in [2.45, 2.75) is 24.2 Å². The molecule has 1 aliphatic rings. The van der Waals surface area contributed by atoms with Crippen LogP contribution in [-0.2, 0) is 9.59 Å². The zero-order valence-corrected chi connectivity index (χ0v) is 19.9. The third kappa shape index (κ3) is 6.63. The van der Waals surface area contributed by atoms with E-state index in [-0.39, 0.29) is 39.0 Å². The van der Waals surface area contributed by atoms with Gasteiger partial charge in [-0.3, -0.25) is 14.5 Å². The van der Waals surface area contributed by atoms with Crippen LogP contribution in [0.3, 0.4) is 0 Å². The highest BCUT2D eigenvalue weighted by Crippen LogP contribution is 2.37. The highest BCUT2D eigenvalue weighted by Gasteiger charge is 2.35. The Bertz CT molecular complexity index is 1070. The molecule has 7 nitrogen and oxygen atoms in total. The lowest BCUT2D eigenvalue weighted by molar-refractivity contribution is -0.129. The molecular weight excluding hydrogens is 523 g/mol. The summed E-state index contributed by atoms with van der Waals surface area (Å²) in [6, 6.07) is 7.92. The molecule has 1 saturated heterocycles. The number of nitrogens with zero attached hydrogens (tertiary/aromatic N) is 2. The predicted molar refractivity (Wildman–Crippen MR) is 125 cm³/mol. The number of halogens is 5. The quantitative estimate of drug-likeness (QED) is 0.451. The first-order valence-corrected chi connectivity index (χ1v) is 11.4. The van der Waals surface area contributed by atoms with Crippen molar-refractivity contribution in [1.29, 1.82) is 0 Å². The second-order valence-electron chi connectivity index (χ2n) is 6.66. The van der Waals surface area contributed by atoms with E-state index in [0.717, 1.165) is 11.8 Å². The molecule has 1 aliphatic heterocycles. The smallest absolute Gasteiger partial charge is 0.487 e. The normalized spacial score (nSPS) is 17.9. The van der Waals surface area contributed by atoms with Crippen molar-refractivity contribution >= 4 is 74.9 Å². The van der Waals surface area contributed by atoms with Crippen LogP contribution in [0.25, 0.3) is 0 Å². The number of hydrogen-bond donors (Lipinski definition) is 2. The van der Waals surface area contributed by atoms with Crippen LogP contribution in [0.4, 0.5) is 20.2 Å². The van der Waals surface area contributed by atoms with Crippen molar-refractivity contribution in [2.24, 2.45) is 4.99 Å². The van der Waals surface area contributed by atoms with Crippen LogP contribution in [0.2, 0.25) is 10.0 Å². The second kappa shape index (κ2) is 10.3. The molecule has 1 heterocycles. The number of benzene rings is 2. The lowest BCUT2D eigenvalue weighted by atomic mass is 10.2. The van der Waals surface area contributed by atoms with Gasteiger partial charge >= 0.3 is 5.57 Å². The van der Waals surface area contributed by atoms with E-state index in [9.17, 15) is 23.5 Å². The molecule has 0 aromatic heterocycles. The largest absolute Gasteiger partial charge is 0.505 e. The van der Waals surface area contributed by atoms with Crippen molar-refractivity contribution in [3.05, 3.63) is 46.4 Å². The predicted octanol–water partition coefficient (Wildman–Crippen LogP) is 5.85. The van der Waals surface area contributed by atoms with Gasteiger partial charge in [-0.15, -0.1) is 8.78 Å². The average Bonchev–Trinajstić information content (AvgIpc) is 2.72. The number of ether oxygens (including phenoxy) is 1. The Hall–Kier alpha value is -2.27. The van der Waals surface area contributed by atoms with Gasteiger partial charge in [0.15, 0.2) is 10.9 Å². The zero-order valence-electron chi connectivity index (χ0n) is 16.8. The lowest BCUT2D eigenvalue weighted by Crippen LogP contribution is -2.45. The zero-order chi connectivity index (χ0) is 24.3. The molecule has 33 heavy (non-hydrogen) atoms. The van der Waals surface area contributed by atoms with Crippen molar-refractivity contribution < 1.29 is 28.2 Å². The number of anilines is 1. The molecule has 0 saturated carbocycles. The Kier molecular flexibility index (Phi) is 7.94. The molecule has 2 N–H and O–H groups in total. The van der Waals surface area contributed by atoms with Gasteiger partial charge in [0.1, 0.15) is 11.0 Å². The van der Waals surface area contributed by atoms with Crippen LogP contribution < -0.4 is 10.1 Å². The number of rotatable bonds is 6. The minimum absolute atomic E-state index is 0.00863. The van der Waals surface area contributed by atoms with Crippen molar-refractivity contribution in [3.63, 3.8) is 0 Å². The van der Waals surface area contributed by atoms with Crippen molar-refractivity contribution in [2.75, 3.05) is 11.9 Å². The summed E-state index contributed by atoms with van der Waals surface area (Å²) >= 11 is 17.7. The Morgan fingerprint density at radius 3 is 2.45 bits per heavy atom. The van der Waals surface area contributed by atoms with E-state index in [4.69, 9.17) is 34.8 Å². The number of amidine groups is 1. The van der Waals surface area contributed by atoms with E-state index < -0.39 is 16.7 Å². The van der Waals surface area contributed by atoms with Crippen LogP contribution in [0.5, 0.6) is 11.5 Å². The molecule has 0 bridgehead atoms. The minimum Gasteiger partial charge on any atom is -0.505 e. The molecule has 0 spiro atoms. The summed E-state index contributed by atoms with van der Waals surface area (Å²) in [4.78, 5) is 31.2. The van der Waals surface area contributed by atoms with Gasteiger partial charge in [0, 0.05) is 30.3 Å². The molecule has 0 unspecified atom stereocenters. The summed E-state index contributed by atoms with van der Waals surface area (Å²) in [6.45, 7) is 2.09. The number of phenols is 1. The molecule has 13 heteroatoms. The fourth-order valence-corrected chi connectivity index (χ4v) is 4.57. The SMILES string of the molecule is CCN1C(=O)C[C@@H](C(=O)Nc2ccc(OC(F)(F)Cl)cc2)SC1=Nc1cc(Cl)c(O)c(Cl)c1. The number of aliphatic imine (C=N–C) groups is 1. The Labute approximate surface area is 206 Å². The van der Waals surface area contributed by atoms with Crippen LogP contribution >= 0.6 is 46.6 Å². The molecule has 0 radical (unpaired) electrons. The second-order valence-corrected chi connectivity index (χ2v) is 9.09. The Balaban J connectivity index is 1.77. The van der Waals surface area contributed by atoms with Gasteiger partial charge in [-0.25, -0.2) is 4.99 Å². The van der Waals surface area contributed by atoms with E-state index in [0.29, 0.717) is 17.9 Å². The molecule has 2 aromatic carbocycles. The maximum atomic E-state index is 12.8. The molecule has 3 rings (SSSR count). The average molecular weight is 539 g/mol. The first-order chi connectivity index (χ1) is 15.5. The fraction of sp³-hybridized carbons (Fsp3) is 0.250. The number of aromatic hydroxyl groups is 1. The van der Waals surface area contributed by atoms with E-state index in [2.05, 4.69) is 15.0 Å². The molecule has 0 aliphatic carbocycles. The number of hydrogen-bond acceptors (Lipinski definition) is 6. The van der Waals surface area contributed by atoms with Gasteiger partial charge in [0.2, 0.25) is 11.8 Å². The first kappa shape index (κ1) is 25.4. The standard InChI is InChI=1S/C20H16Cl3F2N3O4S/c1-2-28-16(29)9-15(33-19(28)27-11-7-13(21)17(30)14(22)8-11)18(31)26-10-3-5-12(6-4-10)32-20(23,24)25/h3-8,15,30H,2,9H2,1H3,(H,26,31)/t15-/m0/s1. The number of nitrogens with one attached hydrogen (secondary N) is 1. The number of carbonyl (C=O) groups excluding carboxylic acids is 2. The number of thioether (sulfide) groups is 1. The number of amides is 2. The van der Waals surface area contributed by atoms with Crippen molar-refractivity contribution in [3.8, 4) is 11.5 Å². The lowest BCUT2D eigenvalue weighted by Gasteiger charge is -2.31. The van der Waals surface area contributed by atoms with Crippen molar-refractivity contribution in [1.82, 2.24) is 4.90 Å². The number of alkyl halides is 3. The molecule has 1 fully saturated rings. The molecular formula is C20H16Cl3F2N3O4S. The summed E-state index contributed by atoms with van der Waals surface area (Å²) in [5.74, 6) is -1.26. The molecule has 2 amide bonds. The van der Waals surface area contributed by atoms with Gasteiger partial charge in [-0.2, -0.15) is 0 Å². The molecule has 2 aromatic rings. The number of carbonyl (C=O) groups is 2. The first-order valence-electron chi connectivity index (χ1n) is 9.37. The van der Waals surface area contributed by atoms with Gasteiger partial charge in [-0.1, -0.05) is 35.0 Å². The summed E-state index contributed by atoms with van der Waals surface area (Å²) in [6.07, 6.45) is -0.0693. The summed E-state index contributed by atoms with van der Waals surface area (Å²) in [7, 11) is 0. The summed E-state index contributed by atoms with van der Waals surface area (Å²) in [5, 5.41) is 11.8. The third-order valence-corrected chi connectivity index (χ3v) is 6.17. The van der Waals surface area contributed by atoms with Crippen LogP contribution in [0.15, 0.2) is 41.4 Å². The molecule has 176 valence electrons. The summed E-state index contributed by atoms with van der Waals surface area (Å²) < 4.78 is 29.7. The number of phenolic OH excluding ortho intramolecular Hbond substituents is 1. The van der Waals surface area contributed by atoms with Gasteiger partial charge in [-0.05, 0) is 43.3 Å². The van der Waals surface area contributed by atoms with Crippen LogP contribution in [0, 0.1) is 0 Å². The third-order valence-electron chi connectivity index (χ3n) is 4.33. The van der Waals surface area contributed by atoms with Gasteiger partial charge in [0.05, 0.1) is 15.7 Å². The highest BCUT2D eigenvalue weighted by atomic mass is 35.5. The monoisotopic (exact) mass is 537 g/mol. The van der Waals surface area contributed by atoms with E-state index in [1.54, 1.807) is 6.92 Å². The Morgan fingerprint density at radius 1 is 1.30 bits per heavy atom. The van der Waals surface area contributed by atoms with E-state index >= 15 is 0 Å². The van der Waals surface area contributed by atoms with E-state index in [1.165, 1.54) is 41.3 Å².